The highest BCUT2D eigenvalue weighted by Gasteiger charge is 2.38. The van der Waals surface area contributed by atoms with Gasteiger partial charge in [0.05, 0.1) is 0 Å². The standard InChI is InChI=1S/C12H18F3NO3/c1-8(11(2,3)4)5-6-19-9(17)7-16-10(18)12(13,14)15/h5H,6-7H2,1-4H3,(H,16,18)/b8-5+. The third kappa shape index (κ3) is 7.48. The van der Waals surface area contributed by atoms with Gasteiger partial charge in [-0.3, -0.25) is 9.59 Å². The second-order valence-corrected chi connectivity index (χ2v) is 5.00. The number of hydrogen-bond donors (Lipinski definition) is 1. The van der Waals surface area contributed by atoms with Crippen LogP contribution in [-0.2, 0) is 14.3 Å². The fourth-order valence-corrected chi connectivity index (χ4v) is 0.870. The number of allylic oxidation sites excluding steroid dienone is 1. The van der Waals surface area contributed by atoms with E-state index in [0.717, 1.165) is 5.57 Å². The summed E-state index contributed by atoms with van der Waals surface area (Å²) in [5.41, 5.74) is 0.913. The molecule has 0 fully saturated rings. The van der Waals surface area contributed by atoms with E-state index in [1.54, 1.807) is 6.08 Å². The van der Waals surface area contributed by atoms with Crippen molar-refractivity contribution in [1.29, 1.82) is 0 Å². The van der Waals surface area contributed by atoms with Crippen molar-refractivity contribution in [1.82, 2.24) is 5.32 Å². The van der Waals surface area contributed by atoms with Crippen molar-refractivity contribution < 1.29 is 27.5 Å². The summed E-state index contributed by atoms with van der Waals surface area (Å²) in [6.45, 7) is 6.95. The highest BCUT2D eigenvalue weighted by Crippen LogP contribution is 2.23. The lowest BCUT2D eigenvalue weighted by molar-refractivity contribution is -0.174. The highest BCUT2D eigenvalue weighted by molar-refractivity contribution is 5.85. The quantitative estimate of drug-likeness (QED) is 0.635. The zero-order valence-electron chi connectivity index (χ0n) is 11.4. The molecule has 0 aliphatic heterocycles. The lowest BCUT2D eigenvalue weighted by atomic mass is 9.87. The maximum absolute atomic E-state index is 11.8. The van der Waals surface area contributed by atoms with Crippen LogP contribution >= 0.6 is 0 Å². The number of rotatable bonds is 4. The number of ether oxygens (including phenoxy) is 1. The molecule has 0 saturated heterocycles. The Morgan fingerprint density at radius 1 is 1.21 bits per heavy atom. The molecular weight excluding hydrogens is 263 g/mol. The van der Waals surface area contributed by atoms with Crippen molar-refractivity contribution in [2.45, 2.75) is 33.9 Å². The minimum Gasteiger partial charge on any atom is -0.460 e. The first-order valence-electron chi connectivity index (χ1n) is 5.62. The predicted octanol–water partition coefficient (Wildman–Crippen LogP) is 2.20. The molecule has 0 aliphatic rings. The molecule has 0 unspecified atom stereocenters. The SMILES string of the molecule is C/C(=C\COC(=O)CNC(=O)C(F)(F)F)C(C)(C)C. The summed E-state index contributed by atoms with van der Waals surface area (Å²) in [5, 5.41) is 1.43. The van der Waals surface area contributed by atoms with Crippen LogP contribution in [0.2, 0.25) is 0 Å². The maximum Gasteiger partial charge on any atom is 0.471 e. The molecule has 0 aliphatic carbocycles. The summed E-state index contributed by atoms with van der Waals surface area (Å²) in [7, 11) is 0. The number of hydrogen-bond acceptors (Lipinski definition) is 3. The van der Waals surface area contributed by atoms with Crippen molar-refractivity contribution in [3.05, 3.63) is 11.6 Å². The van der Waals surface area contributed by atoms with Gasteiger partial charge in [-0.2, -0.15) is 13.2 Å². The van der Waals surface area contributed by atoms with E-state index in [1.165, 1.54) is 5.32 Å². The van der Waals surface area contributed by atoms with Gasteiger partial charge in [0.15, 0.2) is 0 Å². The molecule has 0 bridgehead atoms. The molecule has 0 rings (SSSR count). The van der Waals surface area contributed by atoms with E-state index in [4.69, 9.17) is 0 Å². The lowest BCUT2D eigenvalue weighted by Gasteiger charge is -2.19. The van der Waals surface area contributed by atoms with Crippen LogP contribution in [0.25, 0.3) is 0 Å². The minimum atomic E-state index is -5.00. The Balaban J connectivity index is 4.06. The van der Waals surface area contributed by atoms with Gasteiger partial charge < -0.3 is 10.1 Å². The zero-order chi connectivity index (χ0) is 15.3. The van der Waals surface area contributed by atoms with Crippen LogP contribution in [0.3, 0.4) is 0 Å². The normalized spacial score (nSPS) is 13.1. The van der Waals surface area contributed by atoms with Gasteiger partial charge in [-0.15, -0.1) is 0 Å². The molecule has 19 heavy (non-hydrogen) atoms. The first kappa shape index (κ1) is 17.5. The number of esters is 1. The second kappa shape index (κ2) is 6.58. The Kier molecular flexibility index (Phi) is 6.05. The van der Waals surface area contributed by atoms with Crippen molar-refractivity contribution in [3.63, 3.8) is 0 Å². The summed E-state index contributed by atoms with van der Waals surface area (Å²) in [6, 6.07) is 0. The first-order chi connectivity index (χ1) is 8.44. The average Bonchev–Trinajstić information content (AvgIpc) is 2.22. The van der Waals surface area contributed by atoms with E-state index in [1.807, 2.05) is 27.7 Å². The van der Waals surface area contributed by atoms with Crippen LogP contribution < -0.4 is 5.32 Å². The molecule has 0 aromatic carbocycles. The van der Waals surface area contributed by atoms with Crippen molar-refractivity contribution >= 4 is 11.9 Å². The summed E-state index contributed by atoms with van der Waals surface area (Å²) < 4.78 is 40.1. The average molecular weight is 281 g/mol. The number of halogens is 3. The molecule has 1 N–H and O–H groups in total. The largest absolute Gasteiger partial charge is 0.471 e. The van der Waals surface area contributed by atoms with E-state index in [0.29, 0.717) is 0 Å². The van der Waals surface area contributed by atoms with E-state index < -0.39 is 24.6 Å². The van der Waals surface area contributed by atoms with Gasteiger partial charge in [-0.05, 0) is 18.4 Å². The third-order valence-electron chi connectivity index (χ3n) is 2.47. The van der Waals surface area contributed by atoms with Gasteiger partial charge >= 0.3 is 18.1 Å². The number of nitrogens with one attached hydrogen (secondary N) is 1. The van der Waals surface area contributed by atoms with Gasteiger partial charge in [0.1, 0.15) is 13.2 Å². The summed E-state index contributed by atoms with van der Waals surface area (Å²) in [4.78, 5) is 21.5. The van der Waals surface area contributed by atoms with E-state index in [-0.39, 0.29) is 12.0 Å². The van der Waals surface area contributed by atoms with Crippen LogP contribution in [0.15, 0.2) is 11.6 Å². The maximum atomic E-state index is 11.8. The molecule has 4 nitrogen and oxygen atoms in total. The molecule has 0 aromatic rings. The van der Waals surface area contributed by atoms with Crippen molar-refractivity contribution in [2.24, 2.45) is 5.41 Å². The van der Waals surface area contributed by atoms with Crippen molar-refractivity contribution in [2.75, 3.05) is 13.2 Å². The van der Waals surface area contributed by atoms with E-state index >= 15 is 0 Å². The Morgan fingerprint density at radius 3 is 2.16 bits per heavy atom. The molecule has 0 heterocycles. The molecule has 0 saturated carbocycles. The van der Waals surface area contributed by atoms with Gasteiger partial charge in [-0.25, -0.2) is 0 Å². The predicted molar refractivity (Wildman–Crippen MR) is 63.2 cm³/mol. The second-order valence-electron chi connectivity index (χ2n) is 5.00. The van der Waals surface area contributed by atoms with Crippen LogP contribution in [0.5, 0.6) is 0 Å². The molecule has 7 heteroatoms. The van der Waals surface area contributed by atoms with Crippen LogP contribution in [-0.4, -0.2) is 31.2 Å². The Labute approximate surface area is 110 Å². The topological polar surface area (TPSA) is 55.4 Å². The highest BCUT2D eigenvalue weighted by atomic mass is 19.4. The van der Waals surface area contributed by atoms with Gasteiger partial charge in [0, 0.05) is 0 Å². The Morgan fingerprint density at radius 2 is 1.74 bits per heavy atom. The van der Waals surface area contributed by atoms with Gasteiger partial charge in [-0.1, -0.05) is 26.3 Å². The summed E-state index contributed by atoms with van der Waals surface area (Å²) in [6.07, 6.45) is -3.33. The smallest absolute Gasteiger partial charge is 0.460 e. The van der Waals surface area contributed by atoms with Gasteiger partial charge in [0.25, 0.3) is 0 Å². The first-order valence-corrected chi connectivity index (χ1v) is 5.62. The molecule has 0 aromatic heterocycles. The minimum absolute atomic E-state index is 0.0379. The number of carbonyl (C=O) groups excluding carboxylic acids is 2. The fraction of sp³-hybridized carbons (Fsp3) is 0.667. The summed E-state index contributed by atoms with van der Waals surface area (Å²) in [5.74, 6) is -3.08. The fourth-order valence-electron chi connectivity index (χ4n) is 0.870. The van der Waals surface area contributed by atoms with Crippen LogP contribution in [0.4, 0.5) is 13.2 Å². The molecule has 0 spiro atoms. The monoisotopic (exact) mass is 281 g/mol. The van der Waals surface area contributed by atoms with E-state index in [2.05, 4.69) is 4.74 Å². The molecule has 1 amide bonds. The third-order valence-corrected chi connectivity index (χ3v) is 2.47. The molecule has 0 atom stereocenters. The number of alkyl halides is 3. The summed E-state index contributed by atoms with van der Waals surface area (Å²) >= 11 is 0. The number of carbonyl (C=O) groups is 2. The molecule has 110 valence electrons. The van der Waals surface area contributed by atoms with Crippen LogP contribution in [0.1, 0.15) is 27.7 Å². The Hall–Kier alpha value is -1.53. The van der Waals surface area contributed by atoms with E-state index in [9.17, 15) is 22.8 Å². The molecular formula is C12H18F3NO3. The Bertz CT molecular complexity index is 367. The number of amides is 1. The lowest BCUT2D eigenvalue weighted by Crippen LogP contribution is -2.40. The zero-order valence-corrected chi connectivity index (χ0v) is 11.4. The molecule has 0 radical (unpaired) electrons. The van der Waals surface area contributed by atoms with Crippen LogP contribution in [0, 0.1) is 5.41 Å². The van der Waals surface area contributed by atoms with Gasteiger partial charge in [0.2, 0.25) is 0 Å². The van der Waals surface area contributed by atoms with Crippen molar-refractivity contribution in [3.8, 4) is 0 Å².